The van der Waals surface area contributed by atoms with Crippen LogP contribution in [0.2, 0.25) is 0 Å². The lowest BCUT2D eigenvalue weighted by Crippen LogP contribution is -2.45. The van der Waals surface area contributed by atoms with E-state index in [1.165, 1.54) is 5.56 Å². The van der Waals surface area contributed by atoms with E-state index in [2.05, 4.69) is 51.4 Å². The van der Waals surface area contributed by atoms with Gasteiger partial charge in [-0.15, -0.1) is 0 Å². The molecule has 2 heterocycles. The molecule has 1 aromatic heterocycles. The molecular formula is C34H37N5O3. The molecule has 3 N–H and O–H groups in total. The van der Waals surface area contributed by atoms with Gasteiger partial charge in [0.1, 0.15) is 22.8 Å². The predicted molar refractivity (Wildman–Crippen MR) is 168 cm³/mol. The number of anilines is 1. The van der Waals surface area contributed by atoms with Crippen molar-refractivity contribution in [1.82, 2.24) is 19.8 Å². The van der Waals surface area contributed by atoms with Crippen molar-refractivity contribution in [2.75, 3.05) is 52.2 Å². The fraction of sp³-hybridized carbons (Fsp3) is 0.294. The SMILES string of the molecule is COC1=C(c2ccc(O)c(-c3nc4c(C(=O)Nc5ccc(CCN6CCN(C)CC6)cc5)cccc4[nH]3)c2)C=CCC1. The molecular weight excluding hydrogens is 526 g/mol. The van der Waals surface area contributed by atoms with Crippen LogP contribution >= 0.6 is 0 Å². The van der Waals surface area contributed by atoms with Crippen molar-refractivity contribution >= 4 is 28.2 Å². The summed E-state index contributed by atoms with van der Waals surface area (Å²) < 4.78 is 5.61. The number of hydrogen-bond donors (Lipinski definition) is 3. The maximum Gasteiger partial charge on any atom is 0.257 e. The molecule has 0 radical (unpaired) electrons. The van der Waals surface area contributed by atoms with Gasteiger partial charge in [0.25, 0.3) is 5.91 Å². The molecule has 1 aliphatic carbocycles. The highest BCUT2D eigenvalue weighted by atomic mass is 16.5. The number of benzene rings is 3. The third-order valence-corrected chi connectivity index (χ3v) is 8.21. The number of aromatic hydroxyl groups is 1. The first-order valence-corrected chi connectivity index (χ1v) is 14.6. The second-order valence-electron chi connectivity index (χ2n) is 11.0. The van der Waals surface area contributed by atoms with E-state index in [1.807, 2.05) is 36.4 Å². The molecule has 1 fully saturated rings. The van der Waals surface area contributed by atoms with E-state index in [4.69, 9.17) is 9.72 Å². The highest BCUT2D eigenvalue weighted by Gasteiger charge is 2.19. The maximum absolute atomic E-state index is 13.4. The van der Waals surface area contributed by atoms with Crippen LogP contribution in [0.3, 0.4) is 0 Å². The number of para-hydroxylation sites is 1. The molecule has 1 saturated heterocycles. The van der Waals surface area contributed by atoms with E-state index in [0.29, 0.717) is 22.5 Å². The molecule has 0 bridgehead atoms. The van der Waals surface area contributed by atoms with Crippen LogP contribution < -0.4 is 5.32 Å². The fourth-order valence-electron chi connectivity index (χ4n) is 5.66. The average Bonchev–Trinajstić information content (AvgIpc) is 3.46. The molecule has 0 unspecified atom stereocenters. The number of ether oxygens (including phenoxy) is 1. The van der Waals surface area contributed by atoms with Gasteiger partial charge in [0, 0.05) is 50.4 Å². The number of methoxy groups -OCH3 is 1. The van der Waals surface area contributed by atoms with Gasteiger partial charge >= 0.3 is 0 Å². The Labute approximate surface area is 246 Å². The molecule has 4 aromatic rings. The van der Waals surface area contributed by atoms with Gasteiger partial charge in [-0.2, -0.15) is 0 Å². The molecule has 216 valence electrons. The zero-order valence-electron chi connectivity index (χ0n) is 24.2. The molecule has 8 heteroatoms. The Bertz CT molecular complexity index is 1650. The van der Waals surface area contributed by atoms with Crippen LogP contribution in [-0.2, 0) is 11.2 Å². The Morgan fingerprint density at radius 1 is 1.07 bits per heavy atom. The highest BCUT2D eigenvalue weighted by Crippen LogP contribution is 2.35. The van der Waals surface area contributed by atoms with Crippen molar-refractivity contribution in [2.45, 2.75) is 19.3 Å². The summed E-state index contributed by atoms with van der Waals surface area (Å²) in [5.41, 5.74) is 6.21. The maximum atomic E-state index is 13.4. The van der Waals surface area contributed by atoms with Gasteiger partial charge in [0.2, 0.25) is 0 Å². The summed E-state index contributed by atoms with van der Waals surface area (Å²) in [6.07, 6.45) is 6.94. The first-order chi connectivity index (χ1) is 20.5. The summed E-state index contributed by atoms with van der Waals surface area (Å²) in [7, 11) is 3.86. The van der Waals surface area contributed by atoms with Crippen LogP contribution in [0.15, 0.2) is 78.6 Å². The lowest BCUT2D eigenvalue weighted by molar-refractivity contribution is 0.102. The average molecular weight is 564 g/mol. The Kier molecular flexibility index (Phi) is 8.08. The number of piperazine rings is 1. The van der Waals surface area contributed by atoms with Crippen molar-refractivity contribution in [3.05, 3.63) is 95.3 Å². The number of allylic oxidation sites excluding steroid dienone is 4. The number of phenols is 1. The molecule has 8 nitrogen and oxygen atoms in total. The molecule has 0 atom stereocenters. The quantitative estimate of drug-likeness (QED) is 0.255. The number of phenolic OH excluding ortho intramolecular Hbond substituents is 1. The largest absolute Gasteiger partial charge is 0.507 e. The number of H-pyrrole nitrogens is 1. The number of likely N-dealkylation sites (N-methyl/N-ethyl adjacent to an activating group) is 1. The van der Waals surface area contributed by atoms with Crippen LogP contribution in [0.1, 0.15) is 34.3 Å². The first-order valence-electron chi connectivity index (χ1n) is 14.6. The van der Waals surface area contributed by atoms with E-state index in [9.17, 15) is 9.90 Å². The number of amides is 1. The lowest BCUT2D eigenvalue weighted by Gasteiger charge is -2.32. The molecule has 42 heavy (non-hydrogen) atoms. The number of hydrogen-bond acceptors (Lipinski definition) is 6. The second kappa shape index (κ2) is 12.2. The molecule has 0 saturated carbocycles. The highest BCUT2D eigenvalue weighted by molar-refractivity contribution is 6.11. The first kappa shape index (κ1) is 27.8. The zero-order chi connectivity index (χ0) is 29.1. The summed E-state index contributed by atoms with van der Waals surface area (Å²) in [6.45, 7) is 5.51. The number of carbonyl (C=O) groups is 1. The Morgan fingerprint density at radius 3 is 2.67 bits per heavy atom. The summed E-state index contributed by atoms with van der Waals surface area (Å²) in [4.78, 5) is 26.3. The predicted octanol–water partition coefficient (Wildman–Crippen LogP) is 5.69. The molecule has 2 aliphatic rings. The second-order valence-corrected chi connectivity index (χ2v) is 11.0. The van der Waals surface area contributed by atoms with Gasteiger partial charge in [-0.05, 0) is 67.4 Å². The zero-order valence-corrected chi connectivity index (χ0v) is 24.2. The monoisotopic (exact) mass is 563 g/mol. The van der Waals surface area contributed by atoms with E-state index < -0.39 is 0 Å². The Hall–Kier alpha value is -4.40. The molecule has 3 aromatic carbocycles. The van der Waals surface area contributed by atoms with Gasteiger partial charge in [-0.25, -0.2) is 4.98 Å². The van der Waals surface area contributed by atoms with Crippen LogP contribution in [0.5, 0.6) is 5.75 Å². The van der Waals surface area contributed by atoms with Gasteiger partial charge in [-0.1, -0.05) is 36.4 Å². The summed E-state index contributed by atoms with van der Waals surface area (Å²) in [6, 6.07) is 19.0. The Morgan fingerprint density at radius 2 is 1.88 bits per heavy atom. The number of carbonyl (C=O) groups excluding carboxylic acids is 1. The van der Waals surface area contributed by atoms with E-state index in [-0.39, 0.29) is 11.7 Å². The minimum atomic E-state index is -0.232. The van der Waals surface area contributed by atoms with Crippen LogP contribution in [-0.4, -0.2) is 77.7 Å². The number of fused-ring (bicyclic) bond motifs is 1. The van der Waals surface area contributed by atoms with E-state index >= 15 is 0 Å². The third kappa shape index (κ3) is 5.95. The number of rotatable bonds is 8. The molecule has 6 rings (SSSR count). The number of nitrogens with one attached hydrogen (secondary N) is 2. The minimum Gasteiger partial charge on any atom is -0.507 e. The summed E-state index contributed by atoms with van der Waals surface area (Å²) in [5, 5.41) is 13.8. The molecule has 1 aliphatic heterocycles. The van der Waals surface area contributed by atoms with Gasteiger partial charge in [0.15, 0.2) is 0 Å². The molecule has 0 spiro atoms. The standard InChI is InChI=1S/C34H37N5O3/c1-38-18-20-39(21-19-38)17-16-23-10-13-25(14-11-23)35-34(41)27-7-5-8-29-32(27)37-33(36-29)28-22-24(12-15-30(28)40)26-6-3-4-9-31(26)42-2/h3,5-8,10-15,22,40H,4,9,16-21H2,1-2H3,(H,35,41)(H,36,37). The number of imidazole rings is 1. The van der Waals surface area contributed by atoms with Crippen LogP contribution in [0, 0.1) is 0 Å². The van der Waals surface area contributed by atoms with Crippen molar-refractivity contribution in [3.63, 3.8) is 0 Å². The van der Waals surface area contributed by atoms with Crippen molar-refractivity contribution < 1.29 is 14.6 Å². The Balaban J connectivity index is 1.19. The third-order valence-electron chi connectivity index (χ3n) is 8.21. The smallest absolute Gasteiger partial charge is 0.257 e. The van der Waals surface area contributed by atoms with Gasteiger partial charge in [0.05, 0.1) is 23.8 Å². The van der Waals surface area contributed by atoms with Crippen LogP contribution in [0.4, 0.5) is 5.69 Å². The number of aromatic nitrogens is 2. The van der Waals surface area contributed by atoms with Gasteiger partial charge in [-0.3, -0.25) is 4.79 Å². The summed E-state index contributed by atoms with van der Waals surface area (Å²) >= 11 is 0. The fourth-order valence-corrected chi connectivity index (χ4v) is 5.66. The summed E-state index contributed by atoms with van der Waals surface area (Å²) in [5.74, 6) is 1.29. The normalized spacial score (nSPS) is 16.2. The van der Waals surface area contributed by atoms with E-state index in [0.717, 1.165) is 80.1 Å². The lowest BCUT2D eigenvalue weighted by atomic mass is 9.96. The van der Waals surface area contributed by atoms with E-state index in [1.54, 1.807) is 19.2 Å². The van der Waals surface area contributed by atoms with Crippen LogP contribution in [0.25, 0.3) is 28.0 Å². The molecule has 1 amide bonds. The number of nitrogens with zero attached hydrogens (tertiary/aromatic N) is 3. The topological polar surface area (TPSA) is 93.7 Å². The van der Waals surface area contributed by atoms with Gasteiger partial charge < -0.3 is 29.9 Å². The number of aromatic amines is 1. The van der Waals surface area contributed by atoms with Crippen molar-refractivity contribution in [2.24, 2.45) is 0 Å². The van der Waals surface area contributed by atoms with Crippen molar-refractivity contribution in [3.8, 4) is 17.1 Å². The van der Waals surface area contributed by atoms with Crippen molar-refractivity contribution in [1.29, 1.82) is 0 Å². The minimum absolute atomic E-state index is 0.107.